The van der Waals surface area contributed by atoms with Gasteiger partial charge in [0.1, 0.15) is 5.82 Å². The van der Waals surface area contributed by atoms with Gasteiger partial charge in [0.15, 0.2) is 0 Å². The molecular formula is C22H21F4N5O2. The molecule has 0 unspecified atom stereocenters. The highest BCUT2D eigenvalue weighted by molar-refractivity contribution is 5.93. The normalized spacial score (nSPS) is 15.5. The van der Waals surface area contributed by atoms with Crippen LogP contribution in [0.15, 0.2) is 53.1 Å². The van der Waals surface area contributed by atoms with Gasteiger partial charge in [-0.3, -0.25) is 14.6 Å². The Hall–Kier alpha value is -3.31. The van der Waals surface area contributed by atoms with E-state index in [2.05, 4.69) is 20.4 Å². The van der Waals surface area contributed by atoms with Crippen molar-refractivity contribution in [2.75, 3.05) is 38.0 Å². The number of carbonyl (C=O) groups is 1. The maximum atomic E-state index is 13.1. The monoisotopic (exact) mass is 463 g/mol. The predicted molar refractivity (Wildman–Crippen MR) is 111 cm³/mol. The number of amides is 1. The summed E-state index contributed by atoms with van der Waals surface area (Å²) in [5.41, 5.74) is -0.473. The standard InChI is InChI=1S/C22H21F4N5O2/c23-16-7-5-15(6-8-16)21-28-20(33-29-21)14-31-11-9-30(10-12-31)13-19(32)27-18-4-2-1-3-17(18)22(24,25)26/h1-8H,9-14H2,(H,27,32). The number of hydrogen-bond donors (Lipinski definition) is 1. The molecule has 7 nitrogen and oxygen atoms in total. The number of nitrogens with zero attached hydrogens (tertiary/aromatic N) is 4. The lowest BCUT2D eigenvalue weighted by Gasteiger charge is -2.33. The number of carbonyl (C=O) groups excluding carboxylic acids is 1. The van der Waals surface area contributed by atoms with Crippen molar-refractivity contribution < 1.29 is 26.9 Å². The second-order valence-corrected chi connectivity index (χ2v) is 7.66. The number of rotatable bonds is 6. The van der Waals surface area contributed by atoms with Crippen molar-refractivity contribution >= 4 is 11.6 Å². The maximum absolute atomic E-state index is 13.1. The quantitative estimate of drug-likeness (QED) is 0.563. The van der Waals surface area contributed by atoms with Crippen LogP contribution in [-0.2, 0) is 17.5 Å². The SMILES string of the molecule is O=C(CN1CCN(Cc2nc(-c3ccc(F)cc3)no2)CC1)Nc1ccccc1C(F)(F)F. The maximum Gasteiger partial charge on any atom is 0.418 e. The van der Waals surface area contributed by atoms with Crippen molar-refractivity contribution in [3.8, 4) is 11.4 Å². The van der Waals surface area contributed by atoms with Crippen LogP contribution in [-0.4, -0.2) is 58.6 Å². The third-order valence-electron chi connectivity index (χ3n) is 5.27. The minimum Gasteiger partial charge on any atom is -0.338 e. The zero-order chi connectivity index (χ0) is 23.4. The van der Waals surface area contributed by atoms with E-state index in [4.69, 9.17) is 4.52 Å². The van der Waals surface area contributed by atoms with Gasteiger partial charge in [0.25, 0.3) is 0 Å². The van der Waals surface area contributed by atoms with Gasteiger partial charge in [-0.1, -0.05) is 17.3 Å². The highest BCUT2D eigenvalue weighted by Gasteiger charge is 2.33. The van der Waals surface area contributed by atoms with E-state index in [0.29, 0.717) is 50.0 Å². The number of alkyl halides is 3. The zero-order valence-corrected chi connectivity index (χ0v) is 17.5. The molecular weight excluding hydrogens is 442 g/mol. The van der Waals surface area contributed by atoms with Crippen LogP contribution in [0.3, 0.4) is 0 Å². The molecule has 1 aliphatic rings. The highest BCUT2D eigenvalue weighted by Crippen LogP contribution is 2.34. The summed E-state index contributed by atoms with van der Waals surface area (Å²) < 4.78 is 57.6. The number of aromatic nitrogens is 2. The summed E-state index contributed by atoms with van der Waals surface area (Å²) >= 11 is 0. The predicted octanol–water partition coefficient (Wildman–Crippen LogP) is 3.65. The Morgan fingerprint density at radius 2 is 1.67 bits per heavy atom. The molecule has 174 valence electrons. The zero-order valence-electron chi connectivity index (χ0n) is 17.5. The summed E-state index contributed by atoms with van der Waals surface area (Å²) in [5.74, 6) is -0.0525. The Balaban J connectivity index is 1.26. The van der Waals surface area contributed by atoms with E-state index < -0.39 is 17.6 Å². The molecule has 0 radical (unpaired) electrons. The fraction of sp³-hybridized carbons (Fsp3) is 0.318. The lowest BCUT2D eigenvalue weighted by atomic mass is 10.1. The fourth-order valence-electron chi connectivity index (χ4n) is 3.56. The number of nitrogens with one attached hydrogen (secondary N) is 1. The average molecular weight is 463 g/mol. The van der Waals surface area contributed by atoms with Gasteiger partial charge in [-0.2, -0.15) is 18.2 Å². The molecule has 3 aromatic rings. The van der Waals surface area contributed by atoms with Crippen LogP contribution in [0.25, 0.3) is 11.4 Å². The molecule has 0 spiro atoms. The van der Waals surface area contributed by atoms with E-state index >= 15 is 0 Å². The van der Waals surface area contributed by atoms with Gasteiger partial charge in [-0.25, -0.2) is 4.39 Å². The van der Waals surface area contributed by atoms with Gasteiger partial charge in [0.05, 0.1) is 24.3 Å². The molecule has 0 aliphatic carbocycles. The number of halogens is 4. The molecule has 1 aliphatic heterocycles. The van der Waals surface area contributed by atoms with Gasteiger partial charge in [0, 0.05) is 31.7 Å². The number of benzene rings is 2. The third kappa shape index (κ3) is 5.93. The van der Waals surface area contributed by atoms with E-state index in [9.17, 15) is 22.4 Å². The van der Waals surface area contributed by atoms with Gasteiger partial charge >= 0.3 is 6.18 Å². The fourth-order valence-corrected chi connectivity index (χ4v) is 3.56. The van der Waals surface area contributed by atoms with Crippen molar-refractivity contribution in [2.24, 2.45) is 0 Å². The van der Waals surface area contributed by atoms with Crippen molar-refractivity contribution in [3.63, 3.8) is 0 Å². The molecule has 11 heteroatoms. The van der Waals surface area contributed by atoms with Crippen molar-refractivity contribution in [1.82, 2.24) is 19.9 Å². The molecule has 0 saturated carbocycles. The minimum atomic E-state index is -4.54. The molecule has 1 fully saturated rings. The first-order chi connectivity index (χ1) is 15.8. The van der Waals surface area contributed by atoms with Crippen LogP contribution in [0.2, 0.25) is 0 Å². The van der Waals surface area contributed by atoms with Crippen LogP contribution >= 0.6 is 0 Å². The lowest BCUT2D eigenvalue weighted by molar-refractivity contribution is -0.137. The first-order valence-corrected chi connectivity index (χ1v) is 10.3. The van der Waals surface area contributed by atoms with Gasteiger partial charge < -0.3 is 9.84 Å². The number of hydrogen-bond acceptors (Lipinski definition) is 6. The third-order valence-corrected chi connectivity index (χ3v) is 5.27. The number of anilines is 1. The lowest BCUT2D eigenvalue weighted by Crippen LogP contribution is -2.48. The first kappa shape index (κ1) is 22.9. The van der Waals surface area contributed by atoms with E-state index in [-0.39, 0.29) is 18.0 Å². The Morgan fingerprint density at radius 3 is 2.36 bits per heavy atom. The van der Waals surface area contributed by atoms with E-state index in [1.54, 1.807) is 12.1 Å². The second kappa shape index (κ2) is 9.67. The average Bonchev–Trinajstić information content (AvgIpc) is 3.24. The molecule has 1 saturated heterocycles. The molecule has 33 heavy (non-hydrogen) atoms. The van der Waals surface area contributed by atoms with Crippen molar-refractivity contribution in [1.29, 1.82) is 0 Å². The van der Waals surface area contributed by atoms with Crippen LogP contribution in [0.4, 0.5) is 23.2 Å². The van der Waals surface area contributed by atoms with Crippen molar-refractivity contribution in [3.05, 3.63) is 65.8 Å². The summed E-state index contributed by atoms with van der Waals surface area (Å²) in [6.07, 6.45) is -4.54. The van der Waals surface area contributed by atoms with Crippen LogP contribution in [0.5, 0.6) is 0 Å². The summed E-state index contributed by atoms with van der Waals surface area (Å²) in [6, 6.07) is 10.7. The number of piperazine rings is 1. The summed E-state index contributed by atoms with van der Waals surface area (Å²) in [5, 5.41) is 6.29. The van der Waals surface area contributed by atoms with Crippen molar-refractivity contribution in [2.45, 2.75) is 12.7 Å². The molecule has 1 N–H and O–H groups in total. The van der Waals surface area contributed by atoms with Gasteiger partial charge in [-0.15, -0.1) is 0 Å². The topological polar surface area (TPSA) is 74.5 Å². The van der Waals surface area contributed by atoms with E-state index in [1.807, 2.05) is 4.90 Å². The Bertz CT molecular complexity index is 1090. The Labute approximate surface area is 187 Å². The smallest absolute Gasteiger partial charge is 0.338 e. The molecule has 0 bridgehead atoms. The molecule has 2 heterocycles. The van der Waals surface area contributed by atoms with Gasteiger partial charge in [0.2, 0.25) is 17.6 Å². The highest BCUT2D eigenvalue weighted by atomic mass is 19.4. The van der Waals surface area contributed by atoms with Gasteiger partial charge in [-0.05, 0) is 36.4 Å². The summed E-state index contributed by atoms with van der Waals surface area (Å²) in [6.45, 7) is 2.80. The minimum absolute atomic E-state index is 0.00466. The summed E-state index contributed by atoms with van der Waals surface area (Å²) in [4.78, 5) is 20.6. The second-order valence-electron chi connectivity index (χ2n) is 7.66. The molecule has 1 aromatic heterocycles. The first-order valence-electron chi connectivity index (χ1n) is 10.3. The van der Waals surface area contributed by atoms with E-state index in [1.165, 1.54) is 30.3 Å². The van der Waals surface area contributed by atoms with E-state index in [0.717, 1.165) is 6.07 Å². The number of para-hydroxylation sites is 1. The molecule has 2 aromatic carbocycles. The largest absolute Gasteiger partial charge is 0.418 e. The summed E-state index contributed by atoms with van der Waals surface area (Å²) in [7, 11) is 0. The molecule has 0 atom stereocenters. The van der Waals surface area contributed by atoms with Crippen LogP contribution < -0.4 is 5.32 Å². The van der Waals surface area contributed by atoms with Crippen LogP contribution in [0, 0.1) is 5.82 Å². The van der Waals surface area contributed by atoms with Crippen LogP contribution in [0.1, 0.15) is 11.5 Å². The molecule has 1 amide bonds. The Kier molecular flexibility index (Phi) is 6.70. The Morgan fingerprint density at radius 1 is 1.00 bits per heavy atom. The molecule has 4 rings (SSSR count).